The Morgan fingerprint density at radius 2 is 1.90 bits per heavy atom. The summed E-state index contributed by atoms with van der Waals surface area (Å²) in [6, 6.07) is 10.4. The van der Waals surface area contributed by atoms with Crippen LogP contribution in [0.3, 0.4) is 0 Å². The molecule has 4 nitrogen and oxygen atoms in total. The topological polar surface area (TPSA) is 63.4 Å². The molecule has 1 aliphatic heterocycles. The number of nitrogens with two attached hydrogens (primary N) is 1. The van der Waals surface area contributed by atoms with Gasteiger partial charge in [-0.3, -0.25) is 0 Å². The number of nitrogens with zero attached hydrogens (tertiary/aromatic N) is 1. The fraction of sp³-hybridized carbons (Fsp3) is 0.625. The summed E-state index contributed by atoms with van der Waals surface area (Å²) in [5.74, 6) is 1.40. The van der Waals surface area contributed by atoms with Gasteiger partial charge >= 0.3 is 0 Å². The summed E-state index contributed by atoms with van der Waals surface area (Å²) < 4.78 is 23.7. The Balaban J connectivity index is 1.96. The van der Waals surface area contributed by atoms with Crippen LogP contribution in [-0.4, -0.2) is 51.0 Å². The van der Waals surface area contributed by atoms with E-state index >= 15 is 0 Å². The minimum Gasteiger partial charge on any atom is -0.330 e. The highest BCUT2D eigenvalue weighted by atomic mass is 32.2. The third kappa shape index (κ3) is 4.53. The Bertz CT molecular complexity index is 530. The van der Waals surface area contributed by atoms with Crippen molar-refractivity contribution in [3.8, 4) is 0 Å². The van der Waals surface area contributed by atoms with Crippen molar-refractivity contribution in [3.05, 3.63) is 35.9 Å². The van der Waals surface area contributed by atoms with E-state index in [2.05, 4.69) is 29.2 Å². The van der Waals surface area contributed by atoms with E-state index in [0.717, 1.165) is 13.1 Å². The highest BCUT2D eigenvalue weighted by Crippen LogP contribution is 2.31. The number of sulfone groups is 1. The molecule has 1 fully saturated rings. The van der Waals surface area contributed by atoms with E-state index in [1.807, 2.05) is 13.0 Å². The van der Waals surface area contributed by atoms with Crippen LogP contribution in [0.25, 0.3) is 0 Å². The molecule has 2 rings (SSSR count). The van der Waals surface area contributed by atoms with Crippen LogP contribution in [0, 0.1) is 5.92 Å². The second-order valence-corrected chi connectivity index (χ2v) is 8.23. The number of hydrogen-bond acceptors (Lipinski definition) is 4. The molecule has 0 spiro atoms. The molecule has 0 bridgehead atoms. The van der Waals surface area contributed by atoms with Crippen LogP contribution in [0.4, 0.5) is 0 Å². The van der Waals surface area contributed by atoms with Crippen molar-refractivity contribution < 1.29 is 8.42 Å². The molecule has 2 atom stereocenters. The van der Waals surface area contributed by atoms with Gasteiger partial charge in [0.2, 0.25) is 0 Å². The summed E-state index contributed by atoms with van der Waals surface area (Å²) in [6.45, 7) is 4.99. The van der Waals surface area contributed by atoms with Crippen molar-refractivity contribution in [2.24, 2.45) is 11.7 Å². The van der Waals surface area contributed by atoms with E-state index in [0.29, 0.717) is 37.1 Å². The maximum atomic E-state index is 11.8. The minimum atomic E-state index is -2.90. The predicted molar refractivity (Wildman–Crippen MR) is 87.1 cm³/mol. The van der Waals surface area contributed by atoms with E-state index in [9.17, 15) is 8.42 Å². The van der Waals surface area contributed by atoms with Gasteiger partial charge in [-0.1, -0.05) is 37.3 Å². The SMILES string of the molecule is CCCS(=O)(=O)CCN1C[C@@H](CN)[C@H](c2ccccc2)C1. The first-order valence-corrected chi connectivity index (χ1v) is 9.55. The standard InChI is InChI=1S/C16H26N2O2S/c1-2-9-21(19,20)10-8-18-12-15(11-17)16(13-18)14-6-4-3-5-7-14/h3-7,15-16H,2,8-13,17H2,1H3/t15-,16+/m1/s1. The quantitative estimate of drug-likeness (QED) is 0.829. The van der Waals surface area contributed by atoms with E-state index in [-0.39, 0.29) is 5.75 Å². The van der Waals surface area contributed by atoms with Gasteiger partial charge in [0.05, 0.1) is 5.75 Å². The molecular weight excluding hydrogens is 284 g/mol. The first kappa shape index (κ1) is 16.5. The average Bonchev–Trinajstić information content (AvgIpc) is 2.89. The summed E-state index contributed by atoms with van der Waals surface area (Å²) >= 11 is 0. The Hall–Kier alpha value is -0.910. The Kier molecular flexibility index (Phi) is 5.79. The lowest BCUT2D eigenvalue weighted by molar-refractivity contribution is 0.343. The van der Waals surface area contributed by atoms with Crippen LogP contribution in [0.15, 0.2) is 30.3 Å². The Morgan fingerprint density at radius 1 is 1.19 bits per heavy atom. The number of likely N-dealkylation sites (tertiary alicyclic amines) is 1. The van der Waals surface area contributed by atoms with Crippen LogP contribution in [0.5, 0.6) is 0 Å². The Labute approximate surface area is 128 Å². The number of benzene rings is 1. The van der Waals surface area contributed by atoms with Crippen molar-refractivity contribution >= 4 is 9.84 Å². The lowest BCUT2D eigenvalue weighted by Crippen LogP contribution is -2.29. The first-order chi connectivity index (χ1) is 10.1. The van der Waals surface area contributed by atoms with Gasteiger partial charge in [-0.05, 0) is 24.4 Å². The maximum Gasteiger partial charge on any atom is 0.151 e. The molecule has 1 aromatic rings. The van der Waals surface area contributed by atoms with Crippen molar-refractivity contribution in [2.75, 3.05) is 37.7 Å². The van der Waals surface area contributed by atoms with Gasteiger partial charge in [0, 0.05) is 31.3 Å². The highest BCUT2D eigenvalue weighted by Gasteiger charge is 2.32. The molecule has 1 aliphatic rings. The molecule has 0 saturated carbocycles. The second kappa shape index (κ2) is 7.38. The normalized spacial score (nSPS) is 23.5. The summed E-state index contributed by atoms with van der Waals surface area (Å²) in [6.07, 6.45) is 0.695. The van der Waals surface area contributed by atoms with E-state index < -0.39 is 9.84 Å². The van der Waals surface area contributed by atoms with Gasteiger partial charge in [0.15, 0.2) is 9.84 Å². The fourth-order valence-electron chi connectivity index (χ4n) is 3.14. The molecule has 0 aliphatic carbocycles. The second-order valence-electron chi connectivity index (χ2n) is 5.92. The molecule has 2 N–H and O–H groups in total. The van der Waals surface area contributed by atoms with Crippen molar-refractivity contribution in [1.29, 1.82) is 0 Å². The molecule has 21 heavy (non-hydrogen) atoms. The van der Waals surface area contributed by atoms with Gasteiger partial charge < -0.3 is 10.6 Å². The molecule has 0 radical (unpaired) electrons. The zero-order valence-corrected chi connectivity index (χ0v) is 13.6. The maximum absolute atomic E-state index is 11.8. The van der Waals surface area contributed by atoms with Crippen molar-refractivity contribution in [2.45, 2.75) is 19.3 Å². The molecule has 0 amide bonds. The summed E-state index contributed by atoms with van der Waals surface area (Å²) in [7, 11) is -2.90. The molecule has 5 heteroatoms. The molecule has 118 valence electrons. The van der Waals surface area contributed by atoms with Crippen LogP contribution in [0.1, 0.15) is 24.8 Å². The third-order valence-corrected chi connectivity index (χ3v) is 6.12. The van der Waals surface area contributed by atoms with Gasteiger partial charge in [0.25, 0.3) is 0 Å². The van der Waals surface area contributed by atoms with Crippen LogP contribution in [-0.2, 0) is 9.84 Å². The Morgan fingerprint density at radius 3 is 2.52 bits per heavy atom. The lowest BCUT2D eigenvalue weighted by atomic mass is 9.89. The van der Waals surface area contributed by atoms with E-state index in [4.69, 9.17) is 5.73 Å². The zero-order chi connectivity index (χ0) is 15.3. The molecule has 0 aromatic heterocycles. The van der Waals surface area contributed by atoms with Gasteiger partial charge in [0.1, 0.15) is 0 Å². The minimum absolute atomic E-state index is 0.264. The molecular formula is C16H26N2O2S. The molecule has 1 heterocycles. The number of hydrogen-bond donors (Lipinski definition) is 1. The van der Waals surface area contributed by atoms with Crippen LogP contribution >= 0.6 is 0 Å². The van der Waals surface area contributed by atoms with E-state index in [1.54, 1.807) is 0 Å². The zero-order valence-electron chi connectivity index (χ0n) is 12.7. The summed E-state index contributed by atoms with van der Waals surface area (Å²) in [5, 5.41) is 0. The smallest absolute Gasteiger partial charge is 0.151 e. The average molecular weight is 310 g/mol. The van der Waals surface area contributed by atoms with E-state index in [1.165, 1.54) is 5.56 Å². The fourth-order valence-corrected chi connectivity index (χ4v) is 4.50. The molecule has 1 saturated heterocycles. The predicted octanol–water partition coefficient (Wildman–Crippen LogP) is 1.49. The largest absolute Gasteiger partial charge is 0.330 e. The first-order valence-electron chi connectivity index (χ1n) is 7.73. The van der Waals surface area contributed by atoms with Crippen molar-refractivity contribution in [3.63, 3.8) is 0 Å². The monoisotopic (exact) mass is 310 g/mol. The van der Waals surface area contributed by atoms with Gasteiger partial charge in [-0.15, -0.1) is 0 Å². The molecule has 0 unspecified atom stereocenters. The summed E-state index contributed by atoms with van der Waals surface area (Å²) in [4.78, 5) is 2.25. The van der Waals surface area contributed by atoms with Gasteiger partial charge in [-0.25, -0.2) is 8.42 Å². The van der Waals surface area contributed by atoms with Gasteiger partial charge in [-0.2, -0.15) is 0 Å². The lowest BCUT2D eigenvalue weighted by Gasteiger charge is -2.16. The number of rotatable bonds is 7. The molecule has 1 aromatic carbocycles. The third-order valence-electron chi connectivity index (χ3n) is 4.28. The van der Waals surface area contributed by atoms with Crippen molar-refractivity contribution in [1.82, 2.24) is 4.90 Å². The van der Waals surface area contributed by atoms with Crippen LogP contribution in [0.2, 0.25) is 0 Å². The highest BCUT2D eigenvalue weighted by molar-refractivity contribution is 7.91. The van der Waals surface area contributed by atoms with Crippen LogP contribution < -0.4 is 5.73 Å². The summed E-state index contributed by atoms with van der Waals surface area (Å²) in [5.41, 5.74) is 7.22.